The van der Waals surface area contributed by atoms with Crippen molar-refractivity contribution in [3.05, 3.63) is 35.9 Å². The van der Waals surface area contributed by atoms with Gasteiger partial charge in [0.25, 0.3) is 0 Å². The summed E-state index contributed by atoms with van der Waals surface area (Å²) in [5.41, 5.74) is 1.39. The van der Waals surface area contributed by atoms with E-state index >= 15 is 0 Å². The summed E-state index contributed by atoms with van der Waals surface area (Å²) in [6, 6.07) is 12.4. The topological polar surface area (TPSA) is 40.9 Å². The average Bonchev–Trinajstić information content (AvgIpc) is 2.43. The molecule has 2 nitrogen and oxygen atoms in total. The van der Waals surface area contributed by atoms with Crippen molar-refractivity contribution in [3.8, 4) is 6.07 Å². The first-order valence-electron chi connectivity index (χ1n) is 6.65. The lowest BCUT2D eigenvalue weighted by atomic mass is 10.1. The summed E-state index contributed by atoms with van der Waals surface area (Å²) in [4.78, 5) is 0. The van der Waals surface area contributed by atoms with Crippen LogP contribution in [0.25, 0.3) is 0 Å². The molecule has 0 aliphatic carbocycles. The Morgan fingerprint density at radius 2 is 1.83 bits per heavy atom. The molecule has 0 amide bonds. The maximum Gasteiger partial charge on any atom is 0.0905 e. The second-order valence-electron chi connectivity index (χ2n) is 4.63. The Balaban J connectivity index is 2.85. The van der Waals surface area contributed by atoms with Gasteiger partial charge in [0.1, 0.15) is 0 Å². The van der Waals surface area contributed by atoms with Crippen LogP contribution in [0.4, 0.5) is 0 Å². The van der Waals surface area contributed by atoms with E-state index in [0.29, 0.717) is 6.42 Å². The van der Waals surface area contributed by atoms with Crippen molar-refractivity contribution < 1.29 is 4.57 Å². The molecular weight excluding hydrogens is 241 g/mol. The number of benzene rings is 1. The van der Waals surface area contributed by atoms with Crippen molar-refractivity contribution >= 4 is 7.14 Å². The third-order valence-electron chi connectivity index (χ3n) is 3.64. The van der Waals surface area contributed by atoms with Crippen LogP contribution in [0.1, 0.15) is 32.3 Å². The van der Waals surface area contributed by atoms with Crippen molar-refractivity contribution in [2.75, 3.05) is 12.3 Å². The number of rotatable bonds is 7. The molecular formula is C15H22NOP. The second kappa shape index (κ2) is 7.39. The van der Waals surface area contributed by atoms with Gasteiger partial charge in [-0.1, -0.05) is 44.2 Å². The molecule has 18 heavy (non-hydrogen) atoms. The van der Waals surface area contributed by atoms with Crippen LogP contribution in [0.5, 0.6) is 0 Å². The van der Waals surface area contributed by atoms with E-state index < -0.39 is 7.14 Å². The summed E-state index contributed by atoms with van der Waals surface area (Å²) >= 11 is 0. The highest BCUT2D eigenvalue weighted by Gasteiger charge is 2.29. The van der Waals surface area contributed by atoms with Crippen LogP contribution in [-0.2, 0) is 11.0 Å². The third-order valence-corrected chi connectivity index (χ3v) is 7.55. The largest absolute Gasteiger partial charge is 0.323 e. The lowest BCUT2D eigenvalue weighted by molar-refractivity contribution is 0.557. The van der Waals surface area contributed by atoms with Gasteiger partial charge in [0.05, 0.1) is 13.2 Å². The summed E-state index contributed by atoms with van der Waals surface area (Å²) in [7, 11) is -2.14. The Morgan fingerprint density at radius 3 is 2.33 bits per heavy atom. The van der Waals surface area contributed by atoms with E-state index in [1.807, 2.05) is 32.0 Å². The summed E-state index contributed by atoms with van der Waals surface area (Å²) in [5.74, 6) is 0. The van der Waals surface area contributed by atoms with Crippen LogP contribution >= 0.6 is 7.14 Å². The van der Waals surface area contributed by atoms with E-state index in [4.69, 9.17) is 5.26 Å². The Bertz CT molecular complexity index is 428. The predicted octanol–water partition coefficient (Wildman–Crippen LogP) is 4.30. The van der Waals surface area contributed by atoms with Gasteiger partial charge in [0.2, 0.25) is 0 Å². The molecule has 0 aliphatic heterocycles. The van der Waals surface area contributed by atoms with Crippen molar-refractivity contribution in [2.45, 2.75) is 38.8 Å². The molecule has 0 heterocycles. The van der Waals surface area contributed by atoms with Crippen LogP contribution in [0.3, 0.4) is 0 Å². The molecule has 98 valence electrons. The molecule has 0 spiro atoms. The molecule has 0 saturated carbocycles. The minimum absolute atomic E-state index is 0.162. The van der Waals surface area contributed by atoms with Crippen LogP contribution in [0.15, 0.2) is 30.3 Å². The highest BCUT2D eigenvalue weighted by molar-refractivity contribution is 7.64. The minimum Gasteiger partial charge on any atom is -0.323 e. The maximum absolute atomic E-state index is 12.9. The van der Waals surface area contributed by atoms with Crippen LogP contribution < -0.4 is 0 Å². The summed E-state index contributed by atoms with van der Waals surface area (Å²) < 4.78 is 12.9. The molecule has 0 saturated heterocycles. The van der Waals surface area contributed by atoms with E-state index in [2.05, 4.69) is 18.2 Å². The molecule has 0 fully saturated rings. The molecule has 0 aliphatic rings. The Hall–Kier alpha value is -1.06. The van der Waals surface area contributed by atoms with Gasteiger partial charge >= 0.3 is 0 Å². The van der Waals surface area contributed by atoms with Crippen molar-refractivity contribution in [2.24, 2.45) is 0 Å². The van der Waals surface area contributed by atoms with E-state index in [1.54, 1.807) is 0 Å². The van der Waals surface area contributed by atoms with Crippen molar-refractivity contribution in [1.29, 1.82) is 5.26 Å². The fourth-order valence-corrected chi connectivity index (χ4v) is 4.98. The van der Waals surface area contributed by atoms with Gasteiger partial charge in [0, 0.05) is 12.1 Å². The highest BCUT2D eigenvalue weighted by atomic mass is 31.2. The van der Waals surface area contributed by atoms with Gasteiger partial charge in [-0.2, -0.15) is 5.26 Å². The Labute approximate surface area is 110 Å². The molecule has 1 aromatic carbocycles. The van der Waals surface area contributed by atoms with Gasteiger partial charge < -0.3 is 4.57 Å². The maximum atomic E-state index is 12.9. The van der Waals surface area contributed by atoms with Gasteiger partial charge in [-0.05, 0) is 30.7 Å². The number of nitrogens with zero attached hydrogens (tertiary/aromatic N) is 1. The SMILES string of the molecule is CCP(=O)(CC)C(CCC#N)Cc1ccccc1. The zero-order valence-electron chi connectivity index (χ0n) is 11.3. The molecule has 1 unspecified atom stereocenters. The Kier molecular flexibility index (Phi) is 6.16. The molecule has 0 radical (unpaired) electrons. The van der Waals surface area contributed by atoms with Gasteiger partial charge in [-0.25, -0.2) is 0 Å². The summed E-state index contributed by atoms with van der Waals surface area (Å²) in [6.45, 7) is 4.02. The second-order valence-corrected chi connectivity index (χ2v) is 8.53. The van der Waals surface area contributed by atoms with Crippen molar-refractivity contribution in [1.82, 2.24) is 0 Å². The lowest BCUT2D eigenvalue weighted by Gasteiger charge is -2.25. The fourth-order valence-electron chi connectivity index (χ4n) is 2.36. The monoisotopic (exact) mass is 263 g/mol. The van der Waals surface area contributed by atoms with E-state index in [0.717, 1.165) is 25.2 Å². The summed E-state index contributed by atoms with van der Waals surface area (Å²) in [5, 5.41) is 8.75. The van der Waals surface area contributed by atoms with Gasteiger partial charge in [0.15, 0.2) is 0 Å². The van der Waals surface area contributed by atoms with E-state index in [-0.39, 0.29) is 5.66 Å². The number of hydrogen-bond donors (Lipinski definition) is 0. The number of nitriles is 1. The molecule has 1 rings (SSSR count). The van der Waals surface area contributed by atoms with Crippen LogP contribution in [0, 0.1) is 11.3 Å². The van der Waals surface area contributed by atoms with E-state index in [9.17, 15) is 4.57 Å². The lowest BCUT2D eigenvalue weighted by Crippen LogP contribution is -2.15. The third kappa shape index (κ3) is 4.00. The average molecular weight is 263 g/mol. The van der Waals surface area contributed by atoms with E-state index in [1.165, 1.54) is 5.56 Å². The number of hydrogen-bond acceptors (Lipinski definition) is 2. The first-order valence-corrected chi connectivity index (χ1v) is 8.79. The quantitative estimate of drug-likeness (QED) is 0.688. The normalized spacial score (nSPS) is 12.9. The molecule has 1 atom stereocenters. The standard InChI is InChI=1S/C15H22NOP/c1-3-18(17,4-2)15(11-8-12-16)13-14-9-6-5-7-10-14/h5-7,9-10,15H,3-4,8,11,13H2,1-2H3. The first-order chi connectivity index (χ1) is 8.66. The van der Waals surface area contributed by atoms with Gasteiger partial charge in [-0.15, -0.1) is 0 Å². The van der Waals surface area contributed by atoms with Crippen LogP contribution in [-0.4, -0.2) is 18.0 Å². The smallest absolute Gasteiger partial charge is 0.0905 e. The molecule has 3 heteroatoms. The molecule has 0 bridgehead atoms. The molecule has 0 N–H and O–H groups in total. The van der Waals surface area contributed by atoms with Crippen LogP contribution in [0.2, 0.25) is 0 Å². The fraction of sp³-hybridized carbons (Fsp3) is 0.533. The summed E-state index contributed by atoms with van der Waals surface area (Å²) in [6.07, 6.45) is 3.58. The van der Waals surface area contributed by atoms with Crippen molar-refractivity contribution in [3.63, 3.8) is 0 Å². The zero-order valence-corrected chi connectivity index (χ0v) is 12.2. The predicted molar refractivity (Wildman–Crippen MR) is 77.5 cm³/mol. The Morgan fingerprint density at radius 1 is 1.22 bits per heavy atom. The zero-order chi connectivity index (χ0) is 13.4. The van der Waals surface area contributed by atoms with Gasteiger partial charge in [-0.3, -0.25) is 0 Å². The molecule has 1 aromatic rings. The highest BCUT2D eigenvalue weighted by Crippen LogP contribution is 2.52. The first kappa shape index (κ1) is 15.0. The molecule has 0 aromatic heterocycles. The minimum atomic E-state index is -2.14.